The van der Waals surface area contributed by atoms with Crippen molar-refractivity contribution in [1.29, 1.82) is 0 Å². The number of carbonyl (C=O) groups is 1. The minimum absolute atomic E-state index is 0.00408. The van der Waals surface area contributed by atoms with Crippen LogP contribution in [0.1, 0.15) is 10.5 Å². The quantitative estimate of drug-likeness (QED) is 0.741. The first kappa shape index (κ1) is 13.5. The number of rotatable bonds is 7. The molecular weight excluding hydrogens is 246 g/mol. The third kappa shape index (κ3) is 2.74. The molecule has 0 saturated carbocycles. The molecule has 6 nitrogen and oxygen atoms in total. The average molecular weight is 263 g/mol. The topological polar surface area (TPSA) is 67.1 Å². The fourth-order valence-corrected chi connectivity index (χ4v) is 1.99. The summed E-state index contributed by atoms with van der Waals surface area (Å²) < 4.78 is 6.78. The van der Waals surface area contributed by atoms with Gasteiger partial charge in [0.1, 0.15) is 11.3 Å². The van der Waals surface area contributed by atoms with E-state index in [-0.39, 0.29) is 6.61 Å². The molecule has 0 fully saturated rings. The number of aliphatic hydroxyl groups excluding tert-OH is 1. The number of pyridine rings is 1. The van der Waals surface area contributed by atoms with Crippen LogP contribution in [0.5, 0.6) is 0 Å². The average Bonchev–Trinajstić information content (AvgIpc) is 2.81. The van der Waals surface area contributed by atoms with Crippen LogP contribution in [0.3, 0.4) is 0 Å². The summed E-state index contributed by atoms with van der Waals surface area (Å²) in [5.74, 6) is 0.576. The van der Waals surface area contributed by atoms with E-state index in [9.17, 15) is 4.79 Å². The Balaban J connectivity index is 2.42. The predicted octanol–water partition coefficient (Wildman–Crippen LogP) is 0.592. The van der Waals surface area contributed by atoms with Crippen LogP contribution >= 0.6 is 0 Å². The van der Waals surface area contributed by atoms with Gasteiger partial charge < -0.3 is 14.7 Å². The Morgan fingerprint density at radius 2 is 2.32 bits per heavy atom. The monoisotopic (exact) mass is 263 g/mol. The van der Waals surface area contributed by atoms with Crippen LogP contribution < -0.4 is 4.90 Å². The van der Waals surface area contributed by atoms with Crippen molar-refractivity contribution < 1.29 is 14.6 Å². The summed E-state index contributed by atoms with van der Waals surface area (Å²) in [6, 6.07) is 5.55. The number of aliphatic hydroxyl groups is 1. The van der Waals surface area contributed by atoms with Gasteiger partial charge in [0.15, 0.2) is 12.1 Å². The molecule has 0 aliphatic carbocycles. The number of methoxy groups -OCH3 is 1. The molecule has 19 heavy (non-hydrogen) atoms. The molecule has 0 aliphatic rings. The van der Waals surface area contributed by atoms with Crippen molar-refractivity contribution in [3.05, 3.63) is 30.1 Å². The number of anilines is 1. The fraction of sp³-hybridized carbons (Fsp3) is 0.385. The summed E-state index contributed by atoms with van der Waals surface area (Å²) in [5.41, 5.74) is 1.19. The number of nitrogens with zero attached hydrogens (tertiary/aromatic N) is 3. The number of aldehydes is 1. The summed E-state index contributed by atoms with van der Waals surface area (Å²) in [6.45, 7) is 1.48. The Kier molecular flexibility index (Phi) is 4.48. The van der Waals surface area contributed by atoms with Crippen LogP contribution in [0, 0.1) is 0 Å². The second kappa shape index (κ2) is 6.31. The molecule has 0 spiro atoms. The van der Waals surface area contributed by atoms with E-state index in [2.05, 4.69) is 4.98 Å². The second-order valence-corrected chi connectivity index (χ2v) is 4.07. The summed E-state index contributed by atoms with van der Waals surface area (Å²) in [5, 5.41) is 9.13. The van der Waals surface area contributed by atoms with Crippen LogP contribution in [-0.2, 0) is 4.74 Å². The van der Waals surface area contributed by atoms with Gasteiger partial charge in [-0.15, -0.1) is 0 Å². The highest BCUT2D eigenvalue weighted by Crippen LogP contribution is 2.19. The van der Waals surface area contributed by atoms with E-state index in [0.717, 1.165) is 6.29 Å². The van der Waals surface area contributed by atoms with Gasteiger partial charge in [0.2, 0.25) is 0 Å². The van der Waals surface area contributed by atoms with Crippen LogP contribution in [0.15, 0.2) is 24.4 Å². The number of hydrogen-bond acceptors (Lipinski definition) is 5. The van der Waals surface area contributed by atoms with Crippen molar-refractivity contribution in [3.63, 3.8) is 0 Å². The Morgan fingerprint density at radius 1 is 1.47 bits per heavy atom. The number of aromatic nitrogens is 2. The highest BCUT2D eigenvalue weighted by Gasteiger charge is 2.17. The number of fused-ring (bicyclic) bond motifs is 1. The molecule has 2 aromatic rings. The first-order valence-electron chi connectivity index (χ1n) is 6.08. The molecule has 0 radical (unpaired) electrons. The molecule has 0 bridgehead atoms. The van der Waals surface area contributed by atoms with Crippen molar-refractivity contribution in [2.75, 3.05) is 38.3 Å². The van der Waals surface area contributed by atoms with Crippen LogP contribution in [0.4, 0.5) is 5.82 Å². The first-order valence-corrected chi connectivity index (χ1v) is 6.08. The van der Waals surface area contributed by atoms with Gasteiger partial charge >= 0.3 is 0 Å². The van der Waals surface area contributed by atoms with Crippen LogP contribution in [0.2, 0.25) is 0 Å². The minimum Gasteiger partial charge on any atom is -0.395 e. The fourth-order valence-electron chi connectivity index (χ4n) is 1.99. The molecule has 0 aliphatic heterocycles. The van der Waals surface area contributed by atoms with Gasteiger partial charge in [-0.1, -0.05) is 6.07 Å². The predicted molar refractivity (Wildman–Crippen MR) is 71.8 cm³/mol. The Bertz CT molecular complexity index is 553. The normalized spacial score (nSPS) is 10.8. The van der Waals surface area contributed by atoms with Gasteiger partial charge in [0.25, 0.3) is 0 Å². The zero-order chi connectivity index (χ0) is 13.7. The van der Waals surface area contributed by atoms with Crippen molar-refractivity contribution in [2.24, 2.45) is 0 Å². The van der Waals surface area contributed by atoms with Gasteiger partial charge in [-0.3, -0.25) is 9.20 Å². The van der Waals surface area contributed by atoms with E-state index in [0.29, 0.717) is 36.9 Å². The largest absolute Gasteiger partial charge is 0.395 e. The maximum atomic E-state index is 11.3. The van der Waals surface area contributed by atoms with Crippen LogP contribution in [-0.4, -0.2) is 54.2 Å². The summed E-state index contributed by atoms with van der Waals surface area (Å²) in [6.07, 6.45) is 2.58. The lowest BCUT2D eigenvalue weighted by molar-refractivity contribution is 0.111. The van der Waals surface area contributed by atoms with Gasteiger partial charge in [-0.25, -0.2) is 4.98 Å². The Morgan fingerprint density at radius 3 is 3.00 bits per heavy atom. The van der Waals surface area contributed by atoms with Gasteiger partial charge in [-0.05, 0) is 12.1 Å². The lowest BCUT2D eigenvalue weighted by Crippen LogP contribution is -2.31. The summed E-state index contributed by atoms with van der Waals surface area (Å²) in [7, 11) is 1.61. The van der Waals surface area contributed by atoms with E-state index in [4.69, 9.17) is 9.84 Å². The number of hydrogen-bond donors (Lipinski definition) is 1. The maximum absolute atomic E-state index is 11.3. The molecule has 0 unspecified atom stereocenters. The standard InChI is InChI=1S/C13H17N3O3/c1-19-9-7-15(6-8-17)13-11(10-18)16-5-3-2-4-12(16)14-13/h2-5,10,17H,6-9H2,1H3. The smallest absolute Gasteiger partial charge is 0.170 e. The van der Waals surface area contributed by atoms with Gasteiger partial charge in [-0.2, -0.15) is 0 Å². The molecule has 0 amide bonds. The second-order valence-electron chi connectivity index (χ2n) is 4.07. The molecule has 6 heteroatoms. The minimum atomic E-state index is -0.00408. The SMILES string of the molecule is COCCN(CCO)c1nc2ccccn2c1C=O. The molecular formula is C13H17N3O3. The molecule has 2 aromatic heterocycles. The van der Waals surface area contributed by atoms with E-state index < -0.39 is 0 Å². The molecule has 2 rings (SSSR count). The van der Waals surface area contributed by atoms with Crippen molar-refractivity contribution >= 4 is 17.8 Å². The third-order valence-electron chi connectivity index (χ3n) is 2.89. The molecule has 0 saturated heterocycles. The first-order chi connectivity index (χ1) is 9.31. The lowest BCUT2D eigenvalue weighted by atomic mass is 10.4. The van der Waals surface area contributed by atoms with E-state index in [1.807, 2.05) is 23.1 Å². The van der Waals surface area contributed by atoms with Crippen molar-refractivity contribution in [3.8, 4) is 0 Å². The molecule has 0 atom stereocenters. The van der Waals surface area contributed by atoms with Crippen molar-refractivity contribution in [2.45, 2.75) is 0 Å². The summed E-state index contributed by atoms with van der Waals surface area (Å²) in [4.78, 5) is 17.6. The van der Waals surface area contributed by atoms with Gasteiger partial charge in [0.05, 0.1) is 13.2 Å². The zero-order valence-corrected chi connectivity index (χ0v) is 10.8. The molecule has 0 aromatic carbocycles. The van der Waals surface area contributed by atoms with E-state index in [1.54, 1.807) is 17.7 Å². The Labute approximate surface area is 111 Å². The molecule has 1 N–H and O–H groups in total. The van der Waals surface area contributed by atoms with Crippen molar-refractivity contribution in [1.82, 2.24) is 9.38 Å². The van der Waals surface area contributed by atoms with Crippen LogP contribution in [0.25, 0.3) is 5.65 Å². The molecule has 102 valence electrons. The summed E-state index contributed by atoms with van der Waals surface area (Å²) >= 11 is 0. The highest BCUT2D eigenvalue weighted by atomic mass is 16.5. The molecule has 2 heterocycles. The highest BCUT2D eigenvalue weighted by molar-refractivity contribution is 5.83. The maximum Gasteiger partial charge on any atom is 0.170 e. The lowest BCUT2D eigenvalue weighted by Gasteiger charge is -2.21. The number of ether oxygens (including phenoxy) is 1. The number of imidazole rings is 1. The third-order valence-corrected chi connectivity index (χ3v) is 2.89. The Hall–Kier alpha value is -1.92. The number of carbonyl (C=O) groups excluding carboxylic acids is 1. The zero-order valence-electron chi connectivity index (χ0n) is 10.8. The van der Waals surface area contributed by atoms with Gasteiger partial charge in [0, 0.05) is 26.4 Å². The van der Waals surface area contributed by atoms with E-state index >= 15 is 0 Å². The van der Waals surface area contributed by atoms with E-state index in [1.165, 1.54) is 0 Å².